The third-order valence-corrected chi connectivity index (χ3v) is 5.11. The number of benzene rings is 2. The molecule has 2 aromatic carbocycles. The largest absolute Gasteiger partial charge is 0.462 e. The van der Waals surface area contributed by atoms with E-state index in [0.29, 0.717) is 0 Å². The first-order valence-electron chi connectivity index (χ1n) is 9.13. The summed E-state index contributed by atoms with van der Waals surface area (Å²) in [5.74, 6) is -0.467. The molecule has 28 heavy (non-hydrogen) atoms. The van der Waals surface area contributed by atoms with Crippen molar-refractivity contribution in [2.75, 3.05) is 13.2 Å². The van der Waals surface area contributed by atoms with Crippen LogP contribution in [0.3, 0.4) is 0 Å². The lowest BCUT2D eigenvalue weighted by atomic mass is 9.94. The number of carbonyl (C=O) groups is 1. The summed E-state index contributed by atoms with van der Waals surface area (Å²) in [6.07, 6.45) is -4.62. The molecule has 0 radical (unpaired) electrons. The van der Waals surface area contributed by atoms with Crippen LogP contribution in [0, 0.1) is 0 Å². The highest BCUT2D eigenvalue weighted by Gasteiger charge is 2.51. The number of alkyl halides is 3. The minimum absolute atomic E-state index is 0.00180. The van der Waals surface area contributed by atoms with Crippen LogP contribution in [-0.2, 0) is 9.53 Å². The summed E-state index contributed by atoms with van der Waals surface area (Å²) in [6.45, 7) is 1.82. The first-order valence-corrected chi connectivity index (χ1v) is 9.13. The van der Waals surface area contributed by atoms with Crippen LogP contribution in [-0.4, -0.2) is 36.3 Å². The van der Waals surface area contributed by atoms with Crippen LogP contribution >= 0.6 is 0 Å². The average molecular weight is 391 g/mol. The fourth-order valence-corrected chi connectivity index (χ4v) is 3.76. The van der Waals surface area contributed by atoms with Crippen molar-refractivity contribution < 1.29 is 22.7 Å². The number of fused-ring (bicyclic) bond motifs is 2. The van der Waals surface area contributed by atoms with Gasteiger partial charge in [0.1, 0.15) is 11.9 Å². The molecular weight excluding hydrogens is 371 g/mol. The van der Waals surface area contributed by atoms with Crippen molar-refractivity contribution in [3.05, 3.63) is 59.4 Å². The maximum Gasteiger partial charge on any atom is 0.410 e. The van der Waals surface area contributed by atoms with Gasteiger partial charge in [0, 0.05) is 6.42 Å². The Morgan fingerprint density at radius 3 is 2.68 bits per heavy atom. The maximum atomic E-state index is 13.7. The monoisotopic (exact) mass is 391 g/mol. The molecule has 2 aliphatic heterocycles. The maximum absolute atomic E-state index is 13.7. The number of carbonyl (C=O) groups excluding carboxylic acids is 1. The average Bonchev–Trinajstić information content (AvgIpc) is 3.10. The molecular formula is C20H20F3N3O2. The number of hydrazine groups is 1. The molecule has 0 aliphatic carbocycles. The van der Waals surface area contributed by atoms with E-state index in [2.05, 4.69) is 10.7 Å². The predicted molar refractivity (Wildman–Crippen MR) is 97.8 cm³/mol. The zero-order valence-corrected chi connectivity index (χ0v) is 15.2. The Bertz CT molecular complexity index is 942. The molecule has 2 aromatic rings. The number of hydrogen-bond donors (Lipinski definition) is 2. The smallest absolute Gasteiger partial charge is 0.410 e. The summed E-state index contributed by atoms with van der Waals surface area (Å²) >= 11 is 0. The first-order chi connectivity index (χ1) is 13.4. The van der Waals surface area contributed by atoms with E-state index < -0.39 is 24.2 Å². The molecule has 2 N–H and O–H groups in total. The lowest BCUT2D eigenvalue weighted by Crippen LogP contribution is -2.56. The Kier molecular flexibility index (Phi) is 4.66. The Morgan fingerprint density at radius 2 is 1.96 bits per heavy atom. The van der Waals surface area contributed by atoms with Crippen molar-refractivity contribution in [3.63, 3.8) is 0 Å². The SMILES string of the molecule is CCOC(=O)C1=C2NC(c3ccc4ccccc4c3)CC(C(F)(F)F)N2NC1. The van der Waals surface area contributed by atoms with Crippen LogP contribution in [0.4, 0.5) is 13.2 Å². The number of nitrogens with one attached hydrogen (secondary N) is 2. The van der Waals surface area contributed by atoms with Crippen molar-refractivity contribution in [2.24, 2.45) is 0 Å². The highest BCUT2D eigenvalue weighted by Crippen LogP contribution is 2.39. The van der Waals surface area contributed by atoms with Gasteiger partial charge >= 0.3 is 12.1 Å². The van der Waals surface area contributed by atoms with Crippen molar-refractivity contribution >= 4 is 16.7 Å². The van der Waals surface area contributed by atoms with Gasteiger partial charge in [0.15, 0.2) is 0 Å². The summed E-state index contributed by atoms with van der Waals surface area (Å²) in [6, 6.07) is 11.0. The molecule has 2 unspecified atom stereocenters. The third-order valence-electron chi connectivity index (χ3n) is 5.11. The van der Waals surface area contributed by atoms with E-state index in [1.807, 2.05) is 42.5 Å². The molecule has 5 nitrogen and oxygen atoms in total. The van der Waals surface area contributed by atoms with Crippen LogP contribution in [0.25, 0.3) is 10.8 Å². The second kappa shape index (κ2) is 7.01. The zero-order chi connectivity index (χ0) is 19.9. The van der Waals surface area contributed by atoms with Gasteiger partial charge in [0.05, 0.1) is 24.8 Å². The Labute approximate surface area is 160 Å². The molecule has 4 rings (SSSR count). The van der Waals surface area contributed by atoms with Crippen LogP contribution < -0.4 is 10.7 Å². The van der Waals surface area contributed by atoms with Gasteiger partial charge in [-0.15, -0.1) is 0 Å². The van der Waals surface area contributed by atoms with Gasteiger partial charge in [-0.25, -0.2) is 10.2 Å². The number of hydrogen-bond acceptors (Lipinski definition) is 5. The normalized spacial score (nSPS) is 22.2. The molecule has 0 aromatic heterocycles. The van der Waals surface area contributed by atoms with E-state index in [4.69, 9.17) is 4.74 Å². The van der Waals surface area contributed by atoms with Crippen LogP contribution in [0.15, 0.2) is 53.9 Å². The van der Waals surface area contributed by atoms with Gasteiger partial charge in [-0.2, -0.15) is 13.2 Å². The third kappa shape index (κ3) is 3.28. The topological polar surface area (TPSA) is 53.6 Å². The lowest BCUT2D eigenvalue weighted by Gasteiger charge is -2.41. The second-order valence-corrected chi connectivity index (χ2v) is 6.85. The summed E-state index contributed by atoms with van der Waals surface area (Å²) < 4.78 is 46.3. The fourth-order valence-electron chi connectivity index (χ4n) is 3.76. The van der Waals surface area contributed by atoms with E-state index >= 15 is 0 Å². The van der Waals surface area contributed by atoms with Gasteiger partial charge in [-0.3, -0.25) is 5.01 Å². The minimum atomic E-state index is -4.44. The molecule has 2 heterocycles. The number of esters is 1. The van der Waals surface area contributed by atoms with E-state index in [0.717, 1.165) is 21.3 Å². The van der Waals surface area contributed by atoms with Crippen molar-refractivity contribution in [2.45, 2.75) is 31.6 Å². The van der Waals surface area contributed by atoms with Gasteiger partial charge in [0.25, 0.3) is 0 Å². The highest BCUT2D eigenvalue weighted by molar-refractivity contribution is 5.90. The molecule has 2 aliphatic rings. The van der Waals surface area contributed by atoms with Gasteiger partial charge < -0.3 is 10.1 Å². The molecule has 0 saturated carbocycles. The Balaban J connectivity index is 1.73. The Hall–Kier alpha value is -2.74. The Morgan fingerprint density at radius 1 is 1.21 bits per heavy atom. The number of nitrogens with zero attached hydrogens (tertiary/aromatic N) is 1. The summed E-state index contributed by atoms with van der Waals surface area (Å²) in [5.41, 5.74) is 3.61. The highest BCUT2D eigenvalue weighted by atomic mass is 19.4. The van der Waals surface area contributed by atoms with E-state index in [9.17, 15) is 18.0 Å². The van der Waals surface area contributed by atoms with Crippen LogP contribution in [0.5, 0.6) is 0 Å². The van der Waals surface area contributed by atoms with Crippen LogP contribution in [0.2, 0.25) is 0 Å². The molecule has 1 fully saturated rings. The van der Waals surface area contributed by atoms with Crippen LogP contribution in [0.1, 0.15) is 24.9 Å². The molecule has 148 valence electrons. The molecule has 0 spiro atoms. The van der Waals surface area contributed by atoms with Crippen molar-refractivity contribution in [1.82, 2.24) is 15.8 Å². The summed E-state index contributed by atoms with van der Waals surface area (Å²) in [7, 11) is 0. The number of rotatable bonds is 3. The first kappa shape index (κ1) is 18.6. The summed E-state index contributed by atoms with van der Waals surface area (Å²) in [5, 5.41) is 6.12. The molecule has 1 saturated heterocycles. The predicted octanol–water partition coefficient (Wildman–Crippen LogP) is 3.40. The quantitative estimate of drug-likeness (QED) is 0.786. The second-order valence-electron chi connectivity index (χ2n) is 6.85. The van der Waals surface area contributed by atoms with Gasteiger partial charge in [0.2, 0.25) is 0 Å². The number of halogens is 3. The standard InChI is InChI=1S/C20H20F3N3O2/c1-2-28-19(27)15-11-24-26-17(20(21,22)23)10-16(25-18(15)26)14-8-7-12-5-3-4-6-13(12)9-14/h3-9,16-17,24-25H,2,10-11H2,1H3. The zero-order valence-electron chi connectivity index (χ0n) is 15.2. The summed E-state index contributed by atoms with van der Waals surface area (Å²) in [4.78, 5) is 12.2. The minimum Gasteiger partial charge on any atom is -0.462 e. The van der Waals surface area contributed by atoms with E-state index in [1.165, 1.54) is 0 Å². The van der Waals surface area contributed by atoms with Gasteiger partial charge in [-0.05, 0) is 29.3 Å². The molecule has 2 atom stereocenters. The van der Waals surface area contributed by atoms with E-state index in [-0.39, 0.29) is 31.0 Å². The fraction of sp³-hybridized carbons (Fsp3) is 0.350. The van der Waals surface area contributed by atoms with Crippen molar-refractivity contribution in [3.8, 4) is 0 Å². The molecule has 0 bridgehead atoms. The molecule has 8 heteroatoms. The van der Waals surface area contributed by atoms with Gasteiger partial charge in [-0.1, -0.05) is 36.4 Å². The number of ether oxygens (including phenoxy) is 1. The molecule has 0 amide bonds. The van der Waals surface area contributed by atoms with Crippen molar-refractivity contribution in [1.29, 1.82) is 0 Å². The lowest BCUT2D eigenvalue weighted by molar-refractivity contribution is -0.193. The van der Waals surface area contributed by atoms with E-state index in [1.54, 1.807) is 6.92 Å².